The molecule has 1 atom stereocenters. The van der Waals surface area contributed by atoms with Crippen LogP contribution in [0.25, 0.3) is 0 Å². The third-order valence-electron chi connectivity index (χ3n) is 1.90. The van der Waals surface area contributed by atoms with Gasteiger partial charge in [-0.25, -0.2) is 0 Å². The summed E-state index contributed by atoms with van der Waals surface area (Å²) >= 11 is 0. The first-order chi connectivity index (χ1) is 7.50. The number of hydrogen-bond acceptors (Lipinski definition) is 5. The van der Waals surface area contributed by atoms with E-state index in [2.05, 4.69) is 0 Å². The van der Waals surface area contributed by atoms with Crippen LogP contribution in [0.4, 0.5) is 5.69 Å². The van der Waals surface area contributed by atoms with Crippen molar-refractivity contribution in [2.45, 2.75) is 19.6 Å². The highest BCUT2D eigenvalue weighted by Gasteiger charge is 2.09. The normalized spacial score (nSPS) is 11.2. The first-order valence-electron chi connectivity index (χ1n) is 4.66. The fraction of sp³-hybridized carbons (Fsp3) is 0.300. The van der Waals surface area contributed by atoms with E-state index in [9.17, 15) is 14.9 Å². The lowest BCUT2D eigenvalue weighted by atomic mass is 10.2. The van der Waals surface area contributed by atoms with Gasteiger partial charge in [-0.15, -0.1) is 17.0 Å². The molecule has 0 heterocycles. The molecule has 0 aliphatic heterocycles. The molecule has 0 aliphatic rings. The minimum Gasteiger partial charge on any atom is -0.460 e. The largest absolute Gasteiger partial charge is 0.460 e. The summed E-state index contributed by atoms with van der Waals surface area (Å²) in [6.45, 7) is 1.59. The molecule has 1 rings (SSSR count). The number of benzene rings is 1. The van der Waals surface area contributed by atoms with Crippen LogP contribution >= 0.6 is 17.0 Å². The van der Waals surface area contributed by atoms with Gasteiger partial charge in [-0.2, -0.15) is 0 Å². The quantitative estimate of drug-likeness (QED) is 0.517. The number of ether oxygens (including phenoxy) is 1. The first-order valence-corrected chi connectivity index (χ1v) is 4.66. The van der Waals surface area contributed by atoms with Gasteiger partial charge in [0.1, 0.15) is 12.6 Å². The number of nitro groups is 1. The second kappa shape index (κ2) is 6.97. The van der Waals surface area contributed by atoms with E-state index < -0.39 is 16.9 Å². The van der Waals surface area contributed by atoms with Crippen molar-refractivity contribution in [1.82, 2.24) is 0 Å². The second-order valence-electron chi connectivity index (χ2n) is 3.32. The number of esters is 1. The smallest absolute Gasteiger partial charge is 0.322 e. The molecule has 6 nitrogen and oxygen atoms in total. The maximum Gasteiger partial charge on any atom is 0.322 e. The monoisotopic (exact) mass is 304 g/mol. The van der Waals surface area contributed by atoms with Crippen LogP contribution < -0.4 is 5.73 Å². The second-order valence-corrected chi connectivity index (χ2v) is 3.32. The molecule has 1 aromatic rings. The van der Waals surface area contributed by atoms with Crippen LogP contribution in [-0.2, 0) is 16.1 Å². The number of carbonyl (C=O) groups excluding carboxylic acids is 1. The van der Waals surface area contributed by atoms with Gasteiger partial charge in [-0.1, -0.05) is 0 Å². The number of nitro benzene ring substituents is 1. The van der Waals surface area contributed by atoms with Gasteiger partial charge in [-0.3, -0.25) is 14.9 Å². The summed E-state index contributed by atoms with van der Waals surface area (Å²) in [6.07, 6.45) is 0. The van der Waals surface area contributed by atoms with Gasteiger partial charge < -0.3 is 10.5 Å². The van der Waals surface area contributed by atoms with Gasteiger partial charge in [0.2, 0.25) is 0 Å². The third kappa shape index (κ3) is 4.92. The van der Waals surface area contributed by atoms with Crippen molar-refractivity contribution in [2.24, 2.45) is 5.73 Å². The maximum atomic E-state index is 11.0. The van der Waals surface area contributed by atoms with E-state index in [1.54, 1.807) is 0 Å². The third-order valence-corrected chi connectivity index (χ3v) is 1.90. The van der Waals surface area contributed by atoms with Gasteiger partial charge in [0.25, 0.3) is 5.69 Å². The zero-order chi connectivity index (χ0) is 12.1. The Morgan fingerprint density at radius 3 is 2.41 bits per heavy atom. The van der Waals surface area contributed by atoms with Crippen LogP contribution in [0.3, 0.4) is 0 Å². The molecule has 7 heteroatoms. The lowest BCUT2D eigenvalue weighted by Crippen LogP contribution is -2.28. The Morgan fingerprint density at radius 1 is 1.47 bits per heavy atom. The highest BCUT2D eigenvalue weighted by Crippen LogP contribution is 2.12. The lowest BCUT2D eigenvalue weighted by Gasteiger charge is -2.06. The molecule has 0 saturated carbocycles. The Kier molecular flexibility index (Phi) is 6.37. The Labute approximate surface area is 109 Å². The highest BCUT2D eigenvalue weighted by molar-refractivity contribution is 8.93. The van der Waals surface area contributed by atoms with E-state index in [0.717, 1.165) is 0 Å². The predicted molar refractivity (Wildman–Crippen MR) is 66.9 cm³/mol. The van der Waals surface area contributed by atoms with Crippen molar-refractivity contribution in [2.75, 3.05) is 0 Å². The van der Waals surface area contributed by atoms with Crippen LogP contribution in [0.2, 0.25) is 0 Å². The Hall–Kier alpha value is -1.47. The van der Waals surface area contributed by atoms with Crippen molar-refractivity contribution in [3.8, 4) is 0 Å². The maximum absolute atomic E-state index is 11.0. The molecule has 0 spiro atoms. The van der Waals surface area contributed by atoms with Crippen molar-refractivity contribution in [1.29, 1.82) is 0 Å². The van der Waals surface area contributed by atoms with Crippen molar-refractivity contribution >= 4 is 28.6 Å². The molecule has 0 aliphatic carbocycles. The van der Waals surface area contributed by atoms with Gasteiger partial charge in [0, 0.05) is 12.1 Å². The van der Waals surface area contributed by atoms with Crippen molar-refractivity contribution in [3.05, 3.63) is 39.9 Å². The Balaban J connectivity index is 0.00000256. The molecule has 0 amide bonds. The number of non-ortho nitro benzene ring substituents is 1. The number of rotatable bonds is 4. The summed E-state index contributed by atoms with van der Waals surface area (Å²) in [5.74, 6) is -0.502. The van der Waals surface area contributed by atoms with Gasteiger partial charge in [0.05, 0.1) is 4.92 Å². The van der Waals surface area contributed by atoms with Crippen LogP contribution in [0.15, 0.2) is 24.3 Å². The Bertz CT molecular complexity index is 392. The first kappa shape index (κ1) is 15.5. The number of hydrogen-bond donors (Lipinski definition) is 1. The molecular weight excluding hydrogens is 292 g/mol. The van der Waals surface area contributed by atoms with Gasteiger partial charge >= 0.3 is 5.97 Å². The molecule has 0 fully saturated rings. The average molecular weight is 305 g/mol. The van der Waals surface area contributed by atoms with Crippen LogP contribution in [-0.4, -0.2) is 16.9 Å². The van der Waals surface area contributed by atoms with Crippen molar-refractivity contribution in [3.63, 3.8) is 0 Å². The minimum absolute atomic E-state index is 0. The fourth-order valence-electron chi connectivity index (χ4n) is 1.000. The zero-order valence-electron chi connectivity index (χ0n) is 9.16. The summed E-state index contributed by atoms with van der Waals surface area (Å²) in [5, 5.41) is 10.4. The van der Waals surface area contributed by atoms with Crippen LogP contribution in [0, 0.1) is 10.1 Å². The lowest BCUT2D eigenvalue weighted by molar-refractivity contribution is -0.384. The van der Waals surface area contributed by atoms with E-state index >= 15 is 0 Å². The predicted octanol–water partition coefficient (Wildman–Crippen LogP) is 1.56. The molecule has 1 unspecified atom stereocenters. The number of halogens is 1. The molecule has 0 radical (unpaired) electrons. The summed E-state index contributed by atoms with van der Waals surface area (Å²) in [4.78, 5) is 20.9. The van der Waals surface area contributed by atoms with E-state index in [1.165, 1.54) is 31.2 Å². The molecule has 0 bridgehead atoms. The van der Waals surface area contributed by atoms with E-state index in [1.807, 2.05) is 0 Å². The topological polar surface area (TPSA) is 95.5 Å². The fourth-order valence-corrected chi connectivity index (χ4v) is 1.000. The number of nitrogens with two attached hydrogens (primary N) is 1. The average Bonchev–Trinajstić information content (AvgIpc) is 2.26. The molecular formula is C10H13BrN2O4. The number of nitrogens with zero attached hydrogens (tertiary/aromatic N) is 1. The zero-order valence-corrected chi connectivity index (χ0v) is 10.9. The summed E-state index contributed by atoms with van der Waals surface area (Å²) in [5.41, 5.74) is 5.98. The summed E-state index contributed by atoms with van der Waals surface area (Å²) in [6, 6.07) is 5.11. The van der Waals surface area contributed by atoms with Gasteiger partial charge in [0.15, 0.2) is 0 Å². The molecule has 2 N–H and O–H groups in total. The van der Waals surface area contributed by atoms with Crippen LogP contribution in [0.1, 0.15) is 12.5 Å². The van der Waals surface area contributed by atoms with Gasteiger partial charge in [-0.05, 0) is 24.6 Å². The van der Waals surface area contributed by atoms with Crippen LogP contribution in [0.5, 0.6) is 0 Å². The summed E-state index contributed by atoms with van der Waals surface area (Å²) in [7, 11) is 0. The Morgan fingerprint density at radius 2 is 2.00 bits per heavy atom. The molecule has 17 heavy (non-hydrogen) atoms. The number of carbonyl (C=O) groups is 1. The SMILES string of the molecule is Br.CC(N)C(=O)OCc1ccc([N+](=O)[O-])cc1. The molecule has 0 aromatic heterocycles. The van der Waals surface area contributed by atoms with E-state index in [-0.39, 0.29) is 29.3 Å². The van der Waals surface area contributed by atoms with E-state index in [4.69, 9.17) is 10.5 Å². The standard InChI is InChI=1S/C10H12N2O4.BrH/c1-7(11)10(13)16-6-8-2-4-9(5-3-8)12(14)15;/h2-5,7H,6,11H2,1H3;1H. The molecule has 1 aromatic carbocycles. The highest BCUT2D eigenvalue weighted by atomic mass is 79.9. The molecule has 94 valence electrons. The van der Waals surface area contributed by atoms with E-state index in [0.29, 0.717) is 5.56 Å². The van der Waals surface area contributed by atoms with Crippen molar-refractivity contribution < 1.29 is 14.5 Å². The summed E-state index contributed by atoms with van der Waals surface area (Å²) < 4.78 is 4.86. The molecule has 0 saturated heterocycles. The minimum atomic E-state index is -0.668.